The molecule has 4 heterocycles. The molecule has 0 radical (unpaired) electrons. The molecular weight excluding hydrogens is 1080 g/mol. The summed E-state index contributed by atoms with van der Waals surface area (Å²) in [6, 6.07) is 26.9. The molecule has 4 aromatic rings. The molecule has 78 heavy (non-hydrogen) atoms. The van der Waals surface area contributed by atoms with Crippen LogP contribution in [0.2, 0.25) is 0 Å². The Labute approximate surface area is 476 Å². The van der Waals surface area contributed by atoms with Crippen LogP contribution in [0.1, 0.15) is 154 Å². The first-order valence-electron chi connectivity index (χ1n) is 27.7. The van der Waals surface area contributed by atoms with E-state index in [9.17, 15) is 36.0 Å². The zero-order valence-corrected chi connectivity index (χ0v) is 49.0. The number of hydrogen-bond donors (Lipinski definition) is 4. The molecule has 16 nitrogen and oxygen atoms in total. The van der Waals surface area contributed by atoms with Crippen LogP contribution >= 0.6 is 24.8 Å². The van der Waals surface area contributed by atoms with Crippen LogP contribution in [0.15, 0.2) is 94.7 Å². The number of carboxylic acids is 2. The molecule has 4 aliphatic rings. The van der Waals surface area contributed by atoms with Crippen LogP contribution in [-0.2, 0) is 48.7 Å². The topological polar surface area (TPSA) is 226 Å². The predicted octanol–water partition coefficient (Wildman–Crippen LogP) is 11.1. The first-order valence-corrected chi connectivity index (χ1v) is 30.6. The van der Waals surface area contributed by atoms with Crippen LogP contribution in [-0.4, -0.2) is 124 Å². The minimum absolute atomic E-state index is 0. The number of nitrogens with one attached hydrogen (secondary N) is 2. The van der Waals surface area contributed by atoms with Crippen molar-refractivity contribution in [1.29, 1.82) is 0 Å². The number of halogens is 2. The van der Waals surface area contributed by atoms with Crippen molar-refractivity contribution in [3.63, 3.8) is 0 Å². The molecule has 4 saturated heterocycles. The molecule has 436 valence electrons. The highest BCUT2D eigenvalue weighted by Crippen LogP contribution is 2.34. The highest BCUT2D eigenvalue weighted by molar-refractivity contribution is 7.89. The number of fused-ring (bicyclic) bond motifs is 2. The van der Waals surface area contributed by atoms with Crippen molar-refractivity contribution in [1.82, 2.24) is 19.2 Å². The summed E-state index contributed by atoms with van der Waals surface area (Å²) in [6.07, 6.45) is 20.6. The van der Waals surface area contributed by atoms with Gasteiger partial charge in [0.25, 0.3) is 0 Å². The highest BCUT2D eigenvalue weighted by atomic mass is 35.5. The van der Waals surface area contributed by atoms with Gasteiger partial charge in [-0.15, -0.1) is 24.8 Å². The van der Waals surface area contributed by atoms with Crippen LogP contribution in [0.25, 0.3) is 21.5 Å². The second-order valence-corrected chi connectivity index (χ2v) is 24.0. The van der Waals surface area contributed by atoms with E-state index in [4.69, 9.17) is 10.2 Å². The molecule has 0 bridgehead atoms. The number of ether oxygens (including phenoxy) is 2. The standard InChI is InChI=1S/C20H25NO4S.C19H23NO4S.C10H19NO2.C9H17NO2.2ClH/c1-25-20(22)14-7-11-17-10-4-5-15-21(17)26(23,24)19-13-6-9-16-8-2-3-12-18(16)19;21-19(22)13-6-10-16-9-3-4-14-20(16)25(23,24)18-12-5-8-15-7-1-2-11-17(15)18;1-13-10(12)7-4-6-9-5-2-3-8-11-9;11-9(12)6-3-5-8-4-1-2-7-10-8;;/h2-3,6,8-9,12-13,17H,4-5,7,10-11,14-15H2,1H3;1-2,5,7-8,11-12,16H,3-4,6,9-10,13-14H2,(H,21,22);9,11H,2-8H2,1H3;8,10H,1-7H2,(H,11,12);2*1H. The SMILES string of the molecule is COC(=O)CCCC1CCCCN1.COC(=O)CCCC1CCCCN1S(=O)(=O)c1cccc2ccccc12.Cl.Cl.O=C(O)CCCC1CCCCN1.O=C(O)CCCC1CCCCN1S(=O)(=O)c1cccc2ccccc12. The number of methoxy groups -OCH3 is 2. The summed E-state index contributed by atoms with van der Waals surface area (Å²) >= 11 is 0. The summed E-state index contributed by atoms with van der Waals surface area (Å²) in [4.78, 5) is 43.8. The number of rotatable bonds is 20. The van der Waals surface area contributed by atoms with E-state index in [1.165, 1.54) is 52.7 Å². The van der Waals surface area contributed by atoms with Gasteiger partial charge >= 0.3 is 23.9 Å². The number of esters is 2. The zero-order chi connectivity index (χ0) is 54.8. The van der Waals surface area contributed by atoms with Gasteiger partial charge in [0.05, 0.1) is 24.0 Å². The molecule has 4 fully saturated rings. The summed E-state index contributed by atoms with van der Waals surface area (Å²) in [6.45, 7) is 3.29. The van der Waals surface area contributed by atoms with E-state index in [0.717, 1.165) is 98.8 Å². The van der Waals surface area contributed by atoms with E-state index < -0.39 is 32.0 Å². The van der Waals surface area contributed by atoms with Crippen molar-refractivity contribution in [2.24, 2.45) is 0 Å². The van der Waals surface area contributed by atoms with Gasteiger partial charge in [0.2, 0.25) is 20.0 Å². The van der Waals surface area contributed by atoms with Gasteiger partial charge < -0.3 is 30.3 Å². The number of carboxylic acid groups (broad SMARTS) is 2. The molecule has 0 aromatic heterocycles. The second kappa shape index (κ2) is 36.1. The lowest BCUT2D eigenvalue weighted by atomic mass is 10.00. The fraction of sp³-hybridized carbons (Fsp3) is 0.586. The Morgan fingerprint density at radius 3 is 1.23 bits per heavy atom. The third-order valence-corrected chi connectivity index (χ3v) is 18.8. The van der Waals surface area contributed by atoms with Gasteiger partial charge in [-0.1, -0.05) is 98.5 Å². The number of benzene rings is 4. The fourth-order valence-corrected chi connectivity index (χ4v) is 14.6. The maximum Gasteiger partial charge on any atom is 0.305 e. The lowest BCUT2D eigenvalue weighted by molar-refractivity contribution is -0.141. The Hall–Kier alpha value is -4.40. The average Bonchev–Trinajstić information content (AvgIpc) is 3.51. The van der Waals surface area contributed by atoms with Crippen molar-refractivity contribution >= 4 is 90.3 Å². The van der Waals surface area contributed by atoms with E-state index in [1.807, 2.05) is 60.7 Å². The van der Waals surface area contributed by atoms with E-state index in [0.29, 0.717) is 79.9 Å². The maximum atomic E-state index is 13.4. The summed E-state index contributed by atoms with van der Waals surface area (Å²) in [5, 5.41) is 27.4. The number of hydrogen-bond acceptors (Lipinski definition) is 12. The summed E-state index contributed by atoms with van der Waals surface area (Å²) in [5.41, 5.74) is 0. The largest absolute Gasteiger partial charge is 0.481 e. The highest BCUT2D eigenvalue weighted by Gasteiger charge is 2.35. The van der Waals surface area contributed by atoms with Crippen molar-refractivity contribution < 1.29 is 55.7 Å². The van der Waals surface area contributed by atoms with Gasteiger partial charge in [-0.25, -0.2) is 16.8 Å². The second-order valence-electron chi connectivity index (χ2n) is 20.3. The minimum atomic E-state index is -3.60. The third-order valence-electron chi connectivity index (χ3n) is 14.8. The molecule has 20 heteroatoms. The fourth-order valence-electron chi connectivity index (χ4n) is 10.8. The molecule has 4 atom stereocenters. The van der Waals surface area contributed by atoms with Gasteiger partial charge in [-0.2, -0.15) is 8.61 Å². The van der Waals surface area contributed by atoms with Gasteiger partial charge in [0.15, 0.2) is 0 Å². The molecule has 0 spiro atoms. The average molecular weight is 1170 g/mol. The third kappa shape index (κ3) is 21.9. The zero-order valence-electron chi connectivity index (χ0n) is 45.7. The summed E-state index contributed by atoms with van der Waals surface area (Å²) in [5.74, 6) is -1.84. The molecule has 8 rings (SSSR count). The number of aliphatic carboxylic acids is 2. The van der Waals surface area contributed by atoms with Crippen LogP contribution in [0.5, 0.6) is 0 Å². The molecular formula is C58H86Cl2N4O12S2. The van der Waals surface area contributed by atoms with E-state index in [1.54, 1.807) is 32.9 Å². The molecule has 0 saturated carbocycles. The lowest BCUT2D eigenvalue weighted by Crippen LogP contribution is -2.43. The van der Waals surface area contributed by atoms with Gasteiger partial charge in [0, 0.05) is 73.7 Å². The molecule has 4 aromatic carbocycles. The molecule has 0 aliphatic carbocycles. The summed E-state index contributed by atoms with van der Waals surface area (Å²) < 4.78 is 65.9. The monoisotopic (exact) mass is 1160 g/mol. The van der Waals surface area contributed by atoms with E-state index >= 15 is 0 Å². The molecule has 4 unspecified atom stereocenters. The minimum Gasteiger partial charge on any atom is -0.481 e. The molecule has 0 amide bonds. The number of nitrogens with zero attached hydrogens (tertiary/aromatic N) is 2. The Morgan fingerprint density at radius 2 is 0.846 bits per heavy atom. The van der Waals surface area contributed by atoms with Crippen LogP contribution in [0.3, 0.4) is 0 Å². The van der Waals surface area contributed by atoms with Gasteiger partial charge in [-0.05, 0) is 139 Å². The van der Waals surface area contributed by atoms with Crippen molar-refractivity contribution in [3.8, 4) is 0 Å². The van der Waals surface area contributed by atoms with E-state index in [-0.39, 0.29) is 55.3 Å². The van der Waals surface area contributed by atoms with Crippen molar-refractivity contribution in [2.75, 3.05) is 40.4 Å². The molecule has 4 aliphatic heterocycles. The number of sulfonamides is 2. The van der Waals surface area contributed by atoms with Crippen LogP contribution in [0, 0.1) is 0 Å². The normalized spacial score (nSPS) is 19.8. The Bertz CT molecular complexity index is 2660. The van der Waals surface area contributed by atoms with Crippen LogP contribution < -0.4 is 10.6 Å². The Balaban J connectivity index is 0.000000286. The van der Waals surface area contributed by atoms with Gasteiger partial charge in [-0.3, -0.25) is 19.2 Å². The maximum absolute atomic E-state index is 13.4. The predicted molar refractivity (Wildman–Crippen MR) is 311 cm³/mol. The summed E-state index contributed by atoms with van der Waals surface area (Å²) in [7, 11) is -4.36. The molecule has 4 N–H and O–H groups in total. The first-order chi connectivity index (χ1) is 36.6. The number of piperidine rings is 4. The van der Waals surface area contributed by atoms with Crippen LogP contribution in [0.4, 0.5) is 0 Å². The van der Waals surface area contributed by atoms with Crippen molar-refractivity contribution in [2.45, 2.75) is 188 Å². The van der Waals surface area contributed by atoms with Gasteiger partial charge in [0.1, 0.15) is 0 Å². The number of carbonyl (C=O) groups excluding carboxylic acids is 2. The number of carbonyl (C=O) groups is 4. The quantitative estimate of drug-likeness (QED) is 0.0604. The lowest BCUT2D eigenvalue weighted by Gasteiger charge is -2.35. The Kier molecular flexibility index (Phi) is 31.4. The smallest absolute Gasteiger partial charge is 0.305 e. The van der Waals surface area contributed by atoms with Crippen molar-refractivity contribution in [3.05, 3.63) is 84.9 Å². The van der Waals surface area contributed by atoms with E-state index in [2.05, 4.69) is 20.1 Å². The first kappa shape index (κ1) is 67.9. The Morgan fingerprint density at radius 1 is 0.487 bits per heavy atom.